The summed E-state index contributed by atoms with van der Waals surface area (Å²) in [6, 6.07) is 14.8. The summed E-state index contributed by atoms with van der Waals surface area (Å²) in [4.78, 5) is 4.86. The normalized spacial score (nSPS) is 11.7. The fourth-order valence-electron chi connectivity index (χ4n) is 3.66. The van der Waals surface area contributed by atoms with Crippen LogP contribution in [-0.2, 0) is 16.4 Å². The number of benzene rings is 2. The molecule has 0 fully saturated rings. The van der Waals surface area contributed by atoms with Crippen LogP contribution in [0.15, 0.2) is 59.6 Å². The van der Waals surface area contributed by atoms with Crippen molar-refractivity contribution in [1.82, 2.24) is 14.6 Å². The molecule has 2 aromatic carbocycles. The number of fused-ring (bicyclic) bond motifs is 1. The van der Waals surface area contributed by atoms with Crippen LogP contribution in [-0.4, -0.2) is 23.0 Å². The highest BCUT2D eigenvalue weighted by Crippen LogP contribution is 2.29. The van der Waals surface area contributed by atoms with Crippen molar-refractivity contribution in [2.45, 2.75) is 39.0 Å². The summed E-state index contributed by atoms with van der Waals surface area (Å²) in [5.74, 6) is 0. The van der Waals surface area contributed by atoms with Crippen LogP contribution in [0.3, 0.4) is 0 Å². The third-order valence-electron chi connectivity index (χ3n) is 5.21. The van der Waals surface area contributed by atoms with E-state index in [1.807, 2.05) is 57.2 Å². The number of aryl methyl sites for hydroxylation is 4. The van der Waals surface area contributed by atoms with Gasteiger partial charge in [-0.2, -0.15) is 5.10 Å². The van der Waals surface area contributed by atoms with Gasteiger partial charge in [0.05, 0.1) is 16.8 Å². The fraction of sp³-hybridized carbons (Fsp3) is 0.217. The molecule has 0 atom stereocenters. The number of anilines is 1. The molecule has 7 heteroatoms. The van der Waals surface area contributed by atoms with E-state index in [0.717, 1.165) is 34.5 Å². The molecular formula is C23H24N4O2S. The summed E-state index contributed by atoms with van der Waals surface area (Å²) in [5, 5.41) is 4.43. The van der Waals surface area contributed by atoms with E-state index in [1.54, 1.807) is 29.8 Å². The van der Waals surface area contributed by atoms with Gasteiger partial charge in [0.25, 0.3) is 10.0 Å². The monoisotopic (exact) mass is 420 g/mol. The maximum Gasteiger partial charge on any atom is 0.262 e. The lowest BCUT2D eigenvalue weighted by molar-refractivity contribution is 0.600. The Labute approximate surface area is 176 Å². The maximum absolute atomic E-state index is 13.2. The topological polar surface area (TPSA) is 76.4 Å². The van der Waals surface area contributed by atoms with Gasteiger partial charge in [0.2, 0.25) is 0 Å². The number of para-hydroxylation sites is 1. The summed E-state index contributed by atoms with van der Waals surface area (Å²) in [6.45, 7) is 7.70. The van der Waals surface area contributed by atoms with Crippen LogP contribution in [0.1, 0.15) is 29.4 Å². The summed E-state index contributed by atoms with van der Waals surface area (Å²) in [6.07, 6.45) is 2.47. The minimum Gasteiger partial charge on any atom is -0.279 e. The van der Waals surface area contributed by atoms with Crippen molar-refractivity contribution in [2.24, 2.45) is 0 Å². The summed E-state index contributed by atoms with van der Waals surface area (Å²) in [7, 11) is -3.76. The molecule has 0 bridgehead atoms. The first-order chi connectivity index (χ1) is 14.3. The molecule has 154 valence electrons. The molecular weight excluding hydrogens is 396 g/mol. The Morgan fingerprint density at radius 2 is 1.80 bits per heavy atom. The molecule has 0 spiro atoms. The molecule has 0 unspecified atom stereocenters. The first kappa shape index (κ1) is 20.1. The lowest BCUT2D eigenvalue weighted by Gasteiger charge is -2.14. The van der Waals surface area contributed by atoms with Crippen molar-refractivity contribution >= 4 is 21.4 Å². The van der Waals surface area contributed by atoms with Gasteiger partial charge in [0, 0.05) is 17.0 Å². The standard InChI is InChI=1S/C23H24N4O2S/c1-5-18-8-6-7-9-21(18)26-30(28,29)22-13-19(11-10-15(22)2)20-14-24-27-17(4)12-16(3)25-23(20)27/h6-14,26H,5H2,1-4H3. The highest BCUT2D eigenvalue weighted by atomic mass is 32.2. The number of hydrogen-bond donors (Lipinski definition) is 1. The van der Waals surface area contributed by atoms with Gasteiger partial charge in [-0.15, -0.1) is 0 Å². The Hall–Kier alpha value is -3.19. The predicted octanol–water partition coefficient (Wildman–Crippen LogP) is 4.68. The maximum atomic E-state index is 13.2. The Morgan fingerprint density at radius 1 is 1.03 bits per heavy atom. The number of sulfonamides is 1. The smallest absolute Gasteiger partial charge is 0.262 e. The Balaban J connectivity index is 1.81. The molecule has 4 rings (SSSR count). The van der Waals surface area contributed by atoms with Crippen LogP contribution in [0, 0.1) is 20.8 Å². The number of hydrogen-bond acceptors (Lipinski definition) is 4. The van der Waals surface area contributed by atoms with Crippen LogP contribution in [0.5, 0.6) is 0 Å². The molecule has 0 aliphatic rings. The van der Waals surface area contributed by atoms with E-state index in [1.165, 1.54) is 0 Å². The zero-order valence-corrected chi connectivity index (χ0v) is 18.3. The van der Waals surface area contributed by atoms with Crippen molar-refractivity contribution < 1.29 is 8.42 Å². The van der Waals surface area contributed by atoms with Crippen molar-refractivity contribution in [3.8, 4) is 11.1 Å². The van der Waals surface area contributed by atoms with Crippen LogP contribution >= 0.6 is 0 Å². The lowest BCUT2D eigenvalue weighted by Crippen LogP contribution is -2.15. The zero-order valence-electron chi connectivity index (χ0n) is 17.5. The van der Waals surface area contributed by atoms with Gasteiger partial charge in [-0.25, -0.2) is 17.9 Å². The largest absolute Gasteiger partial charge is 0.279 e. The highest BCUT2D eigenvalue weighted by Gasteiger charge is 2.20. The lowest BCUT2D eigenvalue weighted by atomic mass is 10.1. The third kappa shape index (κ3) is 3.57. The van der Waals surface area contributed by atoms with E-state index in [-0.39, 0.29) is 4.90 Å². The second kappa shape index (κ2) is 7.57. The molecule has 0 aliphatic heterocycles. The average Bonchev–Trinajstić information content (AvgIpc) is 3.12. The predicted molar refractivity (Wildman–Crippen MR) is 119 cm³/mol. The quantitative estimate of drug-likeness (QED) is 0.508. The summed E-state index contributed by atoms with van der Waals surface area (Å²) in [5.41, 5.74) is 6.37. The van der Waals surface area contributed by atoms with Gasteiger partial charge in [-0.1, -0.05) is 37.3 Å². The van der Waals surface area contributed by atoms with Crippen molar-refractivity contribution in [2.75, 3.05) is 4.72 Å². The van der Waals surface area contributed by atoms with E-state index in [4.69, 9.17) is 0 Å². The van der Waals surface area contributed by atoms with Crippen LogP contribution < -0.4 is 4.72 Å². The number of aromatic nitrogens is 3. The summed E-state index contributed by atoms with van der Waals surface area (Å²) >= 11 is 0. The molecule has 1 N–H and O–H groups in total. The molecule has 0 saturated carbocycles. The van der Waals surface area contributed by atoms with Gasteiger partial charge >= 0.3 is 0 Å². The molecule has 2 aromatic heterocycles. The molecule has 0 radical (unpaired) electrons. The van der Waals surface area contributed by atoms with Gasteiger partial charge in [0.1, 0.15) is 0 Å². The van der Waals surface area contributed by atoms with E-state index in [0.29, 0.717) is 16.9 Å². The van der Waals surface area contributed by atoms with E-state index in [2.05, 4.69) is 14.8 Å². The molecule has 4 aromatic rings. The van der Waals surface area contributed by atoms with Crippen LogP contribution in [0.25, 0.3) is 16.8 Å². The molecule has 0 saturated heterocycles. The van der Waals surface area contributed by atoms with E-state index in [9.17, 15) is 8.42 Å². The zero-order chi connectivity index (χ0) is 21.5. The Bertz CT molecular complexity index is 1360. The van der Waals surface area contributed by atoms with Gasteiger partial charge in [-0.3, -0.25) is 4.72 Å². The third-order valence-corrected chi connectivity index (χ3v) is 6.72. The van der Waals surface area contributed by atoms with E-state index >= 15 is 0 Å². The minimum absolute atomic E-state index is 0.245. The Kier molecular flexibility index (Phi) is 5.07. The minimum atomic E-state index is -3.76. The number of nitrogens with one attached hydrogen (secondary N) is 1. The van der Waals surface area contributed by atoms with Crippen molar-refractivity contribution in [1.29, 1.82) is 0 Å². The number of rotatable bonds is 5. The molecule has 6 nitrogen and oxygen atoms in total. The van der Waals surface area contributed by atoms with E-state index < -0.39 is 10.0 Å². The average molecular weight is 421 g/mol. The molecule has 30 heavy (non-hydrogen) atoms. The van der Waals surface area contributed by atoms with Gasteiger partial charge in [0.15, 0.2) is 5.65 Å². The molecule has 2 heterocycles. The van der Waals surface area contributed by atoms with Crippen LogP contribution in [0.2, 0.25) is 0 Å². The second-order valence-corrected chi connectivity index (χ2v) is 9.08. The first-order valence-electron chi connectivity index (χ1n) is 9.84. The van der Waals surface area contributed by atoms with Crippen LogP contribution in [0.4, 0.5) is 5.69 Å². The van der Waals surface area contributed by atoms with Crippen molar-refractivity contribution in [3.63, 3.8) is 0 Å². The Morgan fingerprint density at radius 3 is 2.57 bits per heavy atom. The van der Waals surface area contributed by atoms with Gasteiger partial charge in [-0.05, 0) is 62.1 Å². The fourth-order valence-corrected chi connectivity index (χ4v) is 5.03. The SMILES string of the molecule is CCc1ccccc1NS(=O)(=O)c1cc(-c2cnn3c(C)cc(C)nc23)ccc1C. The second-order valence-electron chi connectivity index (χ2n) is 7.43. The van der Waals surface area contributed by atoms with Gasteiger partial charge < -0.3 is 0 Å². The highest BCUT2D eigenvalue weighted by molar-refractivity contribution is 7.92. The summed E-state index contributed by atoms with van der Waals surface area (Å²) < 4.78 is 31.0. The molecule has 0 amide bonds. The molecule has 0 aliphatic carbocycles. The van der Waals surface area contributed by atoms with Crippen molar-refractivity contribution in [3.05, 3.63) is 77.2 Å². The first-order valence-corrected chi connectivity index (χ1v) is 11.3. The number of nitrogens with zero attached hydrogens (tertiary/aromatic N) is 3.